The average Bonchev–Trinajstić information content (AvgIpc) is 2.83. The van der Waals surface area contributed by atoms with Crippen molar-refractivity contribution < 1.29 is 32.2 Å². The number of nitrogens with zero attached hydrogens (tertiary/aromatic N) is 2. The molecule has 2 heterocycles. The summed E-state index contributed by atoms with van der Waals surface area (Å²) in [5.74, 6) is -1.00. The first-order valence-electron chi connectivity index (χ1n) is 11.0. The van der Waals surface area contributed by atoms with Crippen molar-refractivity contribution in [1.29, 1.82) is 0 Å². The third-order valence-corrected chi connectivity index (χ3v) is 7.47. The lowest BCUT2D eigenvalue weighted by Gasteiger charge is -2.34. The van der Waals surface area contributed by atoms with E-state index in [1.54, 1.807) is 19.1 Å². The van der Waals surface area contributed by atoms with Crippen LogP contribution in [0.3, 0.4) is 0 Å². The number of aryl methyl sites for hydroxylation is 1. The molecule has 0 spiro atoms. The number of amides is 2. The average molecular weight is 485 g/mol. The maximum atomic E-state index is 13.2. The van der Waals surface area contributed by atoms with Crippen molar-refractivity contribution in [2.24, 2.45) is 0 Å². The monoisotopic (exact) mass is 484 g/mol. The van der Waals surface area contributed by atoms with Crippen molar-refractivity contribution in [3.63, 3.8) is 0 Å². The number of morpholine rings is 1. The van der Waals surface area contributed by atoms with Gasteiger partial charge in [0.15, 0.2) is 0 Å². The molecular formula is C21H32N4O7S. The first kappa shape index (κ1) is 25.4. The molecule has 2 saturated heterocycles. The van der Waals surface area contributed by atoms with Gasteiger partial charge in [0.1, 0.15) is 12.0 Å². The number of carbonyl (C=O) groups is 2. The number of nitrogens with one attached hydrogen (secondary N) is 2. The lowest BCUT2D eigenvalue weighted by atomic mass is 10.2. The fourth-order valence-corrected chi connectivity index (χ4v) is 5.39. The van der Waals surface area contributed by atoms with Crippen LogP contribution < -0.4 is 15.4 Å². The predicted octanol–water partition coefficient (Wildman–Crippen LogP) is -0.695. The van der Waals surface area contributed by atoms with Gasteiger partial charge in [-0.05, 0) is 37.1 Å². The highest BCUT2D eigenvalue weighted by Crippen LogP contribution is 2.26. The molecular weight excluding hydrogens is 452 g/mol. The van der Waals surface area contributed by atoms with E-state index in [9.17, 15) is 18.0 Å². The second-order valence-electron chi connectivity index (χ2n) is 7.85. The molecule has 12 heteroatoms. The Balaban J connectivity index is 1.54. The molecule has 184 valence electrons. The molecule has 0 saturated carbocycles. The van der Waals surface area contributed by atoms with Gasteiger partial charge in [-0.1, -0.05) is 0 Å². The lowest BCUT2D eigenvalue weighted by molar-refractivity contribution is -0.140. The molecule has 1 atom stereocenters. The third-order valence-electron chi connectivity index (χ3n) is 5.59. The number of rotatable bonds is 8. The summed E-state index contributed by atoms with van der Waals surface area (Å²) < 4.78 is 43.8. The van der Waals surface area contributed by atoms with Crippen LogP contribution in [0.2, 0.25) is 0 Å². The molecule has 0 aromatic heterocycles. The Labute approximate surface area is 194 Å². The van der Waals surface area contributed by atoms with Crippen LogP contribution in [0.15, 0.2) is 23.1 Å². The molecule has 2 aliphatic rings. The van der Waals surface area contributed by atoms with Crippen LogP contribution in [-0.2, 0) is 29.1 Å². The first-order valence-corrected chi connectivity index (χ1v) is 12.4. The Kier molecular flexibility index (Phi) is 9.03. The zero-order chi connectivity index (χ0) is 23.8. The summed E-state index contributed by atoms with van der Waals surface area (Å²) in [6.07, 6.45) is -0.378. The van der Waals surface area contributed by atoms with Gasteiger partial charge in [-0.15, -0.1) is 0 Å². The van der Waals surface area contributed by atoms with Gasteiger partial charge in [0.25, 0.3) is 0 Å². The van der Waals surface area contributed by atoms with Gasteiger partial charge in [0.2, 0.25) is 10.0 Å². The zero-order valence-electron chi connectivity index (χ0n) is 19.0. The van der Waals surface area contributed by atoms with E-state index < -0.39 is 28.1 Å². The zero-order valence-corrected chi connectivity index (χ0v) is 19.9. The molecule has 2 N–H and O–H groups in total. The third kappa shape index (κ3) is 6.64. The Morgan fingerprint density at radius 1 is 1.12 bits per heavy atom. The van der Waals surface area contributed by atoms with Crippen molar-refractivity contribution in [2.45, 2.75) is 24.5 Å². The van der Waals surface area contributed by atoms with Gasteiger partial charge in [-0.3, -0.25) is 14.5 Å². The van der Waals surface area contributed by atoms with Crippen LogP contribution in [0.1, 0.15) is 12.0 Å². The molecule has 1 unspecified atom stereocenters. The number of methoxy groups -OCH3 is 1. The highest BCUT2D eigenvalue weighted by molar-refractivity contribution is 7.89. The second kappa shape index (κ2) is 11.7. The molecule has 2 aliphatic heterocycles. The maximum absolute atomic E-state index is 13.2. The molecule has 1 aromatic rings. The van der Waals surface area contributed by atoms with Crippen molar-refractivity contribution in [3.05, 3.63) is 23.8 Å². The van der Waals surface area contributed by atoms with Crippen LogP contribution in [0, 0.1) is 6.92 Å². The minimum Gasteiger partial charge on any atom is -0.496 e. The van der Waals surface area contributed by atoms with Gasteiger partial charge in [0, 0.05) is 32.7 Å². The van der Waals surface area contributed by atoms with Crippen molar-refractivity contribution in [3.8, 4) is 5.75 Å². The molecule has 0 bridgehead atoms. The van der Waals surface area contributed by atoms with Crippen molar-refractivity contribution in [1.82, 2.24) is 19.8 Å². The maximum Gasteiger partial charge on any atom is 0.309 e. The Hall–Kier alpha value is -2.25. The summed E-state index contributed by atoms with van der Waals surface area (Å²) in [5.41, 5.74) is 0.690. The number of ether oxygens (including phenoxy) is 3. The molecule has 0 radical (unpaired) electrons. The predicted molar refractivity (Wildman–Crippen MR) is 119 cm³/mol. The number of sulfonamides is 1. The van der Waals surface area contributed by atoms with Gasteiger partial charge < -0.3 is 24.8 Å². The standard InChI is InChI=1S/C21H32N4O7S/c1-16-14-17(4-5-18(16)30-2)33(28,29)25-7-3-11-32-19(25)15-23-21(27)20(26)22-6-8-24-9-12-31-13-10-24/h4-5,14,19H,3,6-13,15H2,1-2H3,(H,22,26)(H,23,27). The topological polar surface area (TPSA) is 127 Å². The fourth-order valence-electron chi connectivity index (χ4n) is 3.74. The molecule has 2 fully saturated rings. The molecule has 11 nitrogen and oxygen atoms in total. The van der Waals surface area contributed by atoms with Gasteiger partial charge in [-0.25, -0.2) is 8.42 Å². The highest BCUT2D eigenvalue weighted by Gasteiger charge is 2.35. The van der Waals surface area contributed by atoms with E-state index in [1.165, 1.54) is 17.5 Å². The van der Waals surface area contributed by atoms with Crippen molar-refractivity contribution in [2.75, 3.05) is 66.2 Å². The first-order chi connectivity index (χ1) is 15.8. The summed E-state index contributed by atoms with van der Waals surface area (Å²) in [5, 5.41) is 5.07. The summed E-state index contributed by atoms with van der Waals surface area (Å²) in [4.78, 5) is 26.6. The van der Waals surface area contributed by atoms with Gasteiger partial charge in [-0.2, -0.15) is 4.31 Å². The molecule has 2 amide bonds. The minimum absolute atomic E-state index is 0.114. The number of carbonyl (C=O) groups excluding carboxylic acids is 2. The van der Waals surface area contributed by atoms with Crippen molar-refractivity contribution >= 4 is 21.8 Å². The Bertz CT molecular complexity index is 935. The van der Waals surface area contributed by atoms with E-state index in [2.05, 4.69) is 15.5 Å². The number of benzene rings is 1. The SMILES string of the molecule is COc1ccc(S(=O)(=O)N2CCCOC2CNC(=O)C(=O)NCCN2CCOCC2)cc1C. The summed E-state index contributed by atoms with van der Waals surface area (Å²) >= 11 is 0. The summed E-state index contributed by atoms with van der Waals surface area (Å²) in [6, 6.07) is 4.62. The second-order valence-corrected chi connectivity index (χ2v) is 9.74. The molecule has 3 rings (SSSR count). The van der Waals surface area contributed by atoms with Gasteiger partial charge in [0.05, 0.1) is 38.4 Å². The number of hydrogen-bond donors (Lipinski definition) is 2. The van der Waals surface area contributed by atoms with Crippen LogP contribution in [0.25, 0.3) is 0 Å². The molecule has 0 aliphatic carbocycles. The lowest BCUT2D eigenvalue weighted by Crippen LogP contribution is -2.53. The van der Waals surface area contributed by atoms with Gasteiger partial charge >= 0.3 is 11.8 Å². The quantitative estimate of drug-likeness (QED) is 0.464. The van der Waals surface area contributed by atoms with Crippen LogP contribution in [-0.4, -0.2) is 102 Å². The van der Waals surface area contributed by atoms with E-state index in [1.807, 2.05) is 0 Å². The van der Waals surface area contributed by atoms with E-state index in [0.717, 1.165) is 13.1 Å². The largest absolute Gasteiger partial charge is 0.496 e. The molecule has 33 heavy (non-hydrogen) atoms. The van der Waals surface area contributed by atoms with E-state index in [-0.39, 0.29) is 18.0 Å². The van der Waals surface area contributed by atoms with E-state index >= 15 is 0 Å². The highest BCUT2D eigenvalue weighted by atomic mass is 32.2. The number of hydrogen-bond acceptors (Lipinski definition) is 8. The van der Waals surface area contributed by atoms with Crippen LogP contribution in [0.4, 0.5) is 0 Å². The molecule has 1 aromatic carbocycles. The fraction of sp³-hybridized carbons (Fsp3) is 0.619. The van der Waals surface area contributed by atoms with E-state index in [4.69, 9.17) is 14.2 Å². The summed E-state index contributed by atoms with van der Waals surface area (Å²) in [7, 11) is -2.35. The Morgan fingerprint density at radius 3 is 2.55 bits per heavy atom. The minimum atomic E-state index is -3.87. The van der Waals surface area contributed by atoms with E-state index in [0.29, 0.717) is 50.6 Å². The van der Waals surface area contributed by atoms with Crippen LogP contribution >= 0.6 is 0 Å². The van der Waals surface area contributed by atoms with Crippen LogP contribution in [0.5, 0.6) is 5.75 Å². The summed E-state index contributed by atoms with van der Waals surface area (Å²) in [6.45, 7) is 6.10. The normalized spacial score (nSPS) is 20.2. The Morgan fingerprint density at radius 2 is 1.85 bits per heavy atom. The smallest absolute Gasteiger partial charge is 0.309 e.